The highest BCUT2D eigenvalue weighted by atomic mass is 127. The second-order valence-corrected chi connectivity index (χ2v) is 15.3. The number of ether oxygens (including phenoxy) is 1. The largest absolute Gasteiger partial charge is 0.469 e. The summed E-state index contributed by atoms with van der Waals surface area (Å²) in [4.78, 5) is 4.02. The van der Waals surface area contributed by atoms with E-state index in [0.717, 1.165) is 6.04 Å². The van der Waals surface area contributed by atoms with Gasteiger partial charge in [-0.1, -0.05) is 25.7 Å². The lowest BCUT2D eigenvalue weighted by molar-refractivity contribution is 0.123. The van der Waals surface area contributed by atoms with Crippen molar-refractivity contribution >= 4 is 37.8 Å². The highest BCUT2D eigenvalue weighted by Gasteiger charge is 2.49. The van der Waals surface area contributed by atoms with Crippen LogP contribution in [0.1, 0.15) is 6.92 Å². The highest BCUT2D eigenvalue weighted by molar-refractivity contribution is 14.1. The molecule has 26 heavy (non-hydrogen) atoms. The molecule has 2 atom stereocenters. The molecule has 5 nitrogen and oxygen atoms in total. The topological polar surface area (TPSA) is 67.5 Å². The van der Waals surface area contributed by atoms with E-state index in [-0.39, 0.29) is 6.61 Å². The summed E-state index contributed by atoms with van der Waals surface area (Å²) < 4.78 is 20.9. The number of hydrogen-bond donors (Lipinski definition) is 2. The number of aromatic nitrogens is 2. The lowest BCUT2D eigenvalue weighted by Crippen LogP contribution is -2.42. The van der Waals surface area contributed by atoms with Gasteiger partial charge < -0.3 is 19.4 Å². The summed E-state index contributed by atoms with van der Waals surface area (Å²) >= 11 is 1.73. The minimum atomic E-state index is -1.69. The molecule has 1 aliphatic carbocycles. The molecule has 0 amide bonds. The van der Waals surface area contributed by atoms with Crippen LogP contribution in [0.5, 0.6) is 0 Å². The SMILES string of the molecule is CC1=C(Cn2ccnc2)C(COCC[Si](C)(C)C)(B(O)O)C=CC1(F)I. The number of halogens is 2. The number of hydrogen-bond acceptors (Lipinski definition) is 4. The molecular weight excluding hydrogens is 465 g/mol. The Morgan fingerprint density at radius 3 is 2.58 bits per heavy atom. The number of allylic oxidation sites excluding steroid dienone is 2. The van der Waals surface area contributed by atoms with Gasteiger partial charge in [0.15, 0.2) is 3.68 Å². The first-order chi connectivity index (χ1) is 12.0. The van der Waals surface area contributed by atoms with Crippen molar-refractivity contribution in [2.45, 2.75) is 48.1 Å². The third-order valence-electron chi connectivity index (χ3n) is 4.80. The van der Waals surface area contributed by atoms with Crippen LogP contribution in [0.3, 0.4) is 0 Å². The molecule has 0 radical (unpaired) electrons. The molecule has 0 saturated carbocycles. The fourth-order valence-electron chi connectivity index (χ4n) is 2.93. The van der Waals surface area contributed by atoms with Gasteiger partial charge in [0.2, 0.25) is 0 Å². The van der Waals surface area contributed by atoms with E-state index in [9.17, 15) is 14.4 Å². The second-order valence-electron chi connectivity index (χ2n) is 8.07. The summed E-state index contributed by atoms with van der Waals surface area (Å²) in [5, 5.41) is 19.3. The predicted molar refractivity (Wildman–Crippen MR) is 114 cm³/mol. The molecule has 1 aromatic heterocycles. The lowest BCUT2D eigenvalue weighted by atomic mass is 9.52. The monoisotopic (exact) mass is 492 g/mol. The van der Waals surface area contributed by atoms with Gasteiger partial charge in [-0.3, -0.25) is 0 Å². The summed E-state index contributed by atoms with van der Waals surface area (Å²) in [5.74, 6) is 0. The average molecular weight is 492 g/mol. The van der Waals surface area contributed by atoms with Crippen LogP contribution in [-0.2, 0) is 11.3 Å². The Labute approximate surface area is 169 Å². The Kier molecular flexibility index (Phi) is 6.93. The first kappa shape index (κ1) is 21.8. The minimum absolute atomic E-state index is 0.0970. The van der Waals surface area contributed by atoms with Gasteiger partial charge in [0.05, 0.1) is 18.2 Å². The van der Waals surface area contributed by atoms with Crippen LogP contribution >= 0.6 is 22.6 Å². The third-order valence-corrected chi connectivity index (χ3v) is 7.68. The van der Waals surface area contributed by atoms with Crippen LogP contribution in [0.15, 0.2) is 42.0 Å². The van der Waals surface area contributed by atoms with Gasteiger partial charge in [0, 0.05) is 33.6 Å². The predicted octanol–water partition coefficient (Wildman–Crippen LogP) is 3.44. The zero-order chi connectivity index (χ0) is 19.6. The van der Waals surface area contributed by atoms with Crippen LogP contribution < -0.4 is 0 Å². The summed E-state index contributed by atoms with van der Waals surface area (Å²) in [6, 6.07) is 0.979. The molecule has 0 aliphatic heterocycles. The van der Waals surface area contributed by atoms with Gasteiger partial charge in [0.25, 0.3) is 0 Å². The van der Waals surface area contributed by atoms with E-state index in [1.165, 1.54) is 6.08 Å². The molecule has 0 fully saturated rings. The Bertz CT molecular complexity index is 674. The van der Waals surface area contributed by atoms with E-state index in [4.69, 9.17) is 4.74 Å². The van der Waals surface area contributed by atoms with Crippen LogP contribution in [0.2, 0.25) is 31.0 Å². The molecule has 1 heterocycles. The van der Waals surface area contributed by atoms with E-state index in [1.807, 2.05) is 0 Å². The molecule has 9 heteroatoms. The van der Waals surface area contributed by atoms with Crippen molar-refractivity contribution in [1.82, 2.24) is 9.55 Å². The van der Waals surface area contributed by atoms with Crippen LogP contribution in [0, 0.1) is 0 Å². The molecule has 2 rings (SSSR count). The average Bonchev–Trinajstić information content (AvgIpc) is 3.02. The van der Waals surface area contributed by atoms with Crippen molar-refractivity contribution < 1.29 is 19.2 Å². The fourth-order valence-corrected chi connectivity index (χ4v) is 4.19. The Morgan fingerprint density at radius 2 is 2.04 bits per heavy atom. The molecular formula is C17H27BFIN2O3Si. The van der Waals surface area contributed by atoms with Crippen molar-refractivity contribution in [1.29, 1.82) is 0 Å². The van der Waals surface area contributed by atoms with E-state index in [1.54, 1.807) is 58.9 Å². The van der Waals surface area contributed by atoms with Crippen molar-refractivity contribution in [3.05, 3.63) is 42.0 Å². The van der Waals surface area contributed by atoms with E-state index in [0.29, 0.717) is 24.3 Å². The lowest BCUT2D eigenvalue weighted by Gasteiger charge is -2.39. The minimum Gasteiger partial charge on any atom is -0.426 e. The van der Waals surface area contributed by atoms with Gasteiger partial charge in [0.1, 0.15) is 0 Å². The first-order valence-corrected chi connectivity index (χ1v) is 13.4. The van der Waals surface area contributed by atoms with Crippen molar-refractivity contribution in [2.24, 2.45) is 0 Å². The Morgan fingerprint density at radius 1 is 1.35 bits per heavy atom. The van der Waals surface area contributed by atoms with Gasteiger partial charge in [-0.2, -0.15) is 0 Å². The maximum absolute atomic E-state index is 14.9. The highest BCUT2D eigenvalue weighted by Crippen LogP contribution is 2.51. The van der Waals surface area contributed by atoms with Gasteiger partial charge >= 0.3 is 7.12 Å². The summed E-state index contributed by atoms with van der Waals surface area (Å²) in [5.41, 5.74) is 1.08. The van der Waals surface area contributed by atoms with Crippen molar-refractivity contribution in [3.63, 3.8) is 0 Å². The quantitative estimate of drug-likeness (QED) is 0.192. The summed E-state index contributed by atoms with van der Waals surface area (Å²) in [6.07, 6.45) is 7.99. The van der Waals surface area contributed by atoms with Crippen molar-refractivity contribution in [3.8, 4) is 0 Å². The molecule has 0 spiro atoms. The standard InChI is InChI=1S/C17H27BFIN2O3Si/c1-14-15(11-22-8-7-21-13-22)16(18(23)24,5-6-17(14,19)20)12-25-9-10-26(2,3)4/h5-8,13,23-24H,9-12H2,1-4H3. The van der Waals surface area contributed by atoms with E-state index in [2.05, 4.69) is 24.6 Å². The van der Waals surface area contributed by atoms with E-state index >= 15 is 0 Å². The van der Waals surface area contributed by atoms with Gasteiger partial charge in [-0.15, -0.1) is 0 Å². The third kappa shape index (κ3) is 5.06. The first-order valence-electron chi connectivity index (χ1n) is 8.66. The molecule has 2 N–H and O–H groups in total. The maximum Gasteiger partial charge on any atom is 0.469 e. The van der Waals surface area contributed by atoms with Gasteiger partial charge in [-0.05, 0) is 52.8 Å². The molecule has 2 unspecified atom stereocenters. The van der Waals surface area contributed by atoms with Crippen LogP contribution in [0.25, 0.3) is 0 Å². The number of rotatable bonds is 8. The van der Waals surface area contributed by atoms with E-state index < -0.39 is 24.2 Å². The second kappa shape index (κ2) is 8.26. The molecule has 144 valence electrons. The zero-order valence-electron chi connectivity index (χ0n) is 15.7. The smallest absolute Gasteiger partial charge is 0.426 e. The molecule has 1 aliphatic rings. The molecule has 0 saturated heterocycles. The number of nitrogens with zero attached hydrogens (tertiary/aromatic N) is 2. The number of alkyl halides is 2. The Hall–Kier alpha value is -0.488. The normalized spacial score (nSPS) is 26.5. The zero-order valence-corrected chi connectivity index (χ0v) is 18.9. The molecule has 0 aromatic carbocycles. The molecule has 0 bridgehead atoms. The van der Waals surface area contributed by atoms with Gasteiger partial charge in [-0.25, -0.2) is 9.37 Å². The molecule has 1 aromatic rings. The summed E-state index contributed by atoms with van der Waals surface area (Å²) in [6.45, 7) is 9.45. The number of imidazole rings is 1. The Balaban J connectivity index is 2.31. The maximum atomic E-state index is 14.9. The van der Waals surface area contributed by atoms with Crippen molar-refractivity contribution in [2.75, 3.05) is 13.2 Å². The van der Waals surface area contributed by atoms with Crippen LogP contribution in [-0.4, -0.2) is 51.7 Å². The van der Waals surface area contributed by atoms with Crippen LogP contribution in [0.4, 0.5) is 4.39 Å². The summed E-state index contributed by atoms with van der Waals surface area (Å²) in [7, 11) is -2.94. The fraction of sp³-hybridized carbons (Fsp3) is 0.588.